The number of alkyl halides is 5. The van der Waals surface area contributed by atoms with Crippen molar-refractivity contribution in [2.45, 2.75) is 29.8 Å². The summed E-state index contributed by atoms with van der Waals surface area (Å²) >= 11 is 9.17. The second-order valence-electron chi connectivity index (χ2n) is 2.21. The number of nitrogens with zero attached hydrogens (tertiary/aromatic N) is 1. The molecule has 0 heterocycles. The van der Waals surface area contributed by atoms with Crippen LogP contribution in [0.15, 0.2) is 0 Å². The van der Waals surface area contributed by atoms with Crippen molar-refractivity contribution >= 4 is 23.2 Å². The molecule has 0 amide bonds. The first kappa shape index (κ1) is 11.9. The standard InChI is InChI=1S/C6H6Cl2F3N/c7-5(9,6(8,10)11)3-1-2-4-12/h1-3H2. The van der Waals surface area contributed by atoms with E-state index >= 15 is 0 Å². The molecule has 0 aromatic rings. The molecule has 1 nitrogen and oxygen atoms in total. The van der Waals surface area contributed by atoms with Crippen molar-refractivity contribution in [1.82, 2.24) is 0 Å². The van der Waals surface area contributed by atoms with Crippen LogP contribution in [0.2, 0.25) is 0 Å². The maximum absolute atomic E-state index is 12.7. The van der Waals surface area contributed by atoms with E-state index < -0.39 is 16.9 Å². The van der Waals surface area contributed by atoms with Gasteiger partial charge in [0.05, 0.1) is 6.07 Å². The average molecular weight is 220 g/mol. The van der Waals surface area contributed by atoms with Crippen molar-refractivity contribution in [2.24, 2.45) is 0 Å². The first-order chi connectivity index (χ1) is 5.31. The van der Waals surface area contributed by atoms with E-state index in [0.717, 1.165) is 0 Å². The summed E-state index contributed by atoms with van der Waals surface area (Å²) in [4.78, 5) is 0. The molecule has 0 aliphatic carbocycles. The topological polar surface area (TPSA) is 23.8 Å². The molecule has 0 aromatic heterocycles. The van der Waals surface area contributed by atoms with Gasteiger partial charge >= 0.3 is 5.38 Å². The normalized spacial score (nSPS) is 16.7. The highest BCUT2D eigenvalue weighted by atomic mass is 35.5. The number of unbranched alkanes of at least 4 members (excludes halogenated alkanes) is 1. The lowest BCUT2D eigenvalue weighted by atomic mass is 10.2. The first-order valence-corrected chi connectivity index (χ1v) is 3.88. The van der Waals surface area contributed by atoms with E-state index in [0.29, 0.717) is 0 Å². The van der Waals surface area contributed by atoms with Crippen LogP contribution < -0.4 is 0 Å². The van der Waals surface area contributed by atoms with Crippen molar-refractivity contribution in [2.75, 3.05) is 0 Å². The highest BCUT2D eigenvalue weighted by molar-refractivity contribution is 6.32. The number of halogens is 5. The Labute approximate surface area is 78.1 Å². The summed E-state index contributed by atoms with van der Waals surface area (Å²) in [6.45, 7) is 0. The Morgan fingerprint density at radius 1 is 1.25 bits per heavy atom. The molecule has 0 saturated carbocycles. The summed E-state index contributed by atoms with van der Waals surface area (Å²) in [6, 6.07) is 1.68. The van der Waals surface area contributed by atoms with Crippen LogP contribution in [0.1, 0.15) is 19.3 Å². The first-order valence-electron chi connectivity index (χ1n) is 3.13. The lowest BCUT2D eigenvalue weighted by Gasteiger charge is -2.21. The fourth-order valence-electron chi connectivity index (χ4n) is 0.531. The average Bonchev–Trinajstić information content (AvgIpc) is 1.85. The van der Waals surface area contributed by atoms with Crippen LogP contribution in [0.25, 0.3) is 0 Å². The van der Waals surface area contributed by atoms with Gasteiger partial charge in [0, 0.05) is 12.8 Å². The lowest BCUT2D eigenvalue weighted by Crippen LogP contribution is -2.33. The molecular formula is C6H6Cl2F3N. The van der Waals surface area contributed by atoms with Crippen LogP contribution in [-0.2, 0) is 0 Å². The smallest absolute Gasteiger partial charge is 0.218 e. The molecule has 1 unspecified atom stereocenters. The Morgan fingerprint density at radius 3 is 2.08 bits per heavy atom. The molecule has 1 atom stereocenters. The third-order valence-corrected chi connectivity index (χ3v) is 2.02. The van der Waals surface area contributed by atoms with Gasteiger partial charge in [-0.15, -0.1) is 0 Å². The van der Waals surface area contributed by atoms with Crippen molar-refractivity contribution < 1.29 is 13.2 Å². The van der Waals surface area contributed by atoms with Crippen LogP contribution in [0, 0.1) is 11.3 Å². The molecule has 0 radical (unpaired) electrons. The van der Waals surface area contributed by atoms with Crippen molar-refractivity contribution in [3.05, 3.63) is 0 Å². The predicted molar refractivity (Wildman–Crippen MR) is 40.0 cm³/mol. The SMILES string of the molecule is N#CCCCC(F)(Cl)C(F)(F)Cl. The molecule has 0 aromatic carbocycles. The van der Waals surface area contributed by atoms with Gasteiger partial charge in [-0.2, -0.15) is 14.0 Å². The molecule has 0 bridgehead atoms. The van der Waals surface area contributed by atoms with Gasteiger partial charge in [-0.3, -0.25) is 0 Å². The Balaban J connectivity index is 3.98. The second kappa shape index (κ2) is 4.20. The zero-order chi connectivity index (χ0) is 9.83. The van der Waals surface area contributed by atoms with Crippen molar-refractivity contribution in [3.63, 3.8) is 0 Å². The van der Waals surface area contributed by atoms with E-state index in [1.54, 1.807) is 6.07 Å². The molecule has 6 heteroatoms. The van der Waals surface area contributed by atoms with Gasteiger partial charge in [-0.25, -0.2) is 4.39 Å². The van der Waals surface area contributed by atoms with Gasteiger partial charge in [0.1, 0.15) is 0 Å². The van der Waals surface area contributed by atoms with Gasteiger partial charge in [-0.05, 0) is 18.0 Å². The van der Waals surface area contributed by atoms with E-state index in [1.807, 2.05) is 0 Å². The quantitative estimate of drug-likeness (QED) is 0.526. The third-order valence-electron chi connectivity index (χ3n) is 1.19. The Kier molecular flexibility index (Phi) is 4.15. The number of nitriles is 1. The lowest BCUT2D eigenvalue weighted by molar-refractivity contribution is -0.0245. The Bertz CT molecular complexity index is 182. The van der Waals surface area contributed by atoms with E-state index in [1.165, 1.54) is 0 Å². The zero-order valence-electron chi connectivity index (χ0n) is 5.96. The summed E-state index contributed by atoms with van der Waals surface area (Å²) in [5.41, 5.74) is 0. The summed E-state index contributed by atoms with van der Waals surface area (Å²) in [5.74, 6) is 0. The van der Waals surface area contributed by atoms with Crippen molar-refractivity contribution in [1.29, 1.82) is 5.26 Å². The van der Waals surface area contributed by atoms with Gasteiger partial charge in [-0.1, -0.05) is 11.6 Å². The molecule has 0 N–H and O–H groups in total. The second-order valence-corrected chi connectivity index (χ2v) is 3.29. The third kappa shape index (κ3) is 3.51. The summed E-state index contributed by atoms with van der Waals surface area (Å²) in [6.07, 6.45) is -0.706. The summed E-state index contributed by atoms with van der Waals surface area (Å²) in [7, 11) is 0. The summed E-state index contributed by atoms with van der Waals surface area (Å²) < 4.78 is 36.9. The van der Waals surface area contributed by atoms with E-state index in [9.17, 15) is 13.2 Å². The van der Waals surface area contributed by atoms with Gasteiger partial charge in [0.2, 0.25) is 0 Å². The zero-order valence-corrected chi connectivity index (χ0v) is 7.47. The monoisotopic (exact) mass is 219 g/mol. The number of hydrogen-bond donors (Lipinski definition) is 0. The molecule has 0 aliphatic rings. The van der Waals surface area contributed by atoms with Gasteiger partial charge < -0.3 is 0 Å². The van der Waals surface area contributed by atoms with Gasteiger partial charge in [0.25, 0.3) is 5.13 Å². The summed E-state index contributed by atoms with van der Waals surface area (Å²) in [5, 5.41) is 0.678. The predicted octanol–water partition coefficient (Wildman–Crippen LogP) is 3.42. The molecule has 0 saturated heterocycles. The van der Waals surface area contributed by atoms with E-state index in [2.05, 4.69) is 11.6 Å². The van der Waals surface area contributed by atoms with Crippen LogP contribution in [0.3, 0.4) is 0 Å². The largest absolute Gasteiger partial charge is 0.368 e. The maximum atomic E-state index is 12.7. The van der Waals surface area contributed by atoms with E-state index in [4.69, 9.17) is 16.9 Å². The molecule has 0 fully saturated rings. The molecular weight excluding hydrogens is 214 g/mol. The molecule has 0 spiro atoms. The molecule has 0 aliphatic heterocycles. The minimum absolute atomic E-state index is 0.0225. The van der Waals surface area contributed by atoms with Crippen molar-refractivity contribution in [3.8, 4) is 6.07 Å². The minimum atomic E-state index is -4.09. The molecule has 70 valence electrons. The molecule has 0 rings (SSSR count). The Morgan fingerprint density at radius 2 is 1.75 bits per heavy atom. The number of hydrogen-bond acceptors (Lipinski definition) is 1. The van der Waals surface area contributed by atoms with Crippen LogP contribution in [0.4, 0.5) is 13.2 Å². The number of rotatable bonds is 4. The van der Waals surface area contributed by atoms with Crippen LogP contribution >= 0.6 is 23.2 Å². The fraction of sp³-hybridized carbons (Fsp3) is 0.833. The van der Waals surface area contributed by atoms with Crippen LogP contribution in [0.5, 0.6) is 0 Å². The highest BCUT2D eigenvalue weighted by Gasteiger charge is 2.51. The molecule has 12 heavy (non-hydrogen) atoms. The van der Waals surface area contributed by atoms with Crippen LogP contribution in [-0.4, -0.2) is 10.5 Å². The van der Waals surface area contributed by atoms with E-state index in [-0.39, 0.29) is 12.8 Å². The highest BCUT2D eigenvalue weighted by Crippen LogP contribution is 2.42. The Hall–Kier alpha value is -0.140. The minimum Gasteiger partial charge on any atom is -0.218 e. The van der Waals surface area contributed by atoms with Gasteiger partial charge in [0.15, 0.2) is 0 Å². The maximum Gasteiger partial charge on any atom is 0.368 e. The fourth-order valence-corrected chi connectivity index (χ4v) is 0.759.